The van der Waals surface area contributed by atoms with Crippen LogP contribution in [-0.4, -0.2) is 48.2 Å². The van der Waals surface area contributed by atoms with Gasteiger partial charge in [-0.3, -0.25) is 4.79 Å². The van der Waals surface area contributed by atoms with E-state index in [-0.39, 0.29) is 18.0 Å². The lowest BCUT2D eigenvalue weighted by atomic mass is 10.1. The number of ether oxygens (including phenoxy) is 2. The molecule has 1 unspecified atom stereocenters. The highest BCUT2D eigenvalue weighted by atomic mass is 16.6. The summed E-state index contributed by atoms with van der Waals surface area (Å²) in [5.41, 5.74) is -0.515. The third kappa shape index (κ3) is 5.12. The van der Waals surface area contributed by atoms with Crippen LogP contribution in [0.4, 0.5) is 0 Å². The van der Waals surface area contributed by atoms with Gasteiger partial charge in [-0.15, -0.1) is 0 Å². The molecule has 20 heavy (non-hydrogen) atoms. The van der Waals surface area contributed by atoms with Crippen LogP contribution in [0, 0.1) is 0 Å². The topological polar surface area (TPSA) is 55.8 Å². The maximum Gasteiger partial charge on any atom is 0.329 e. The van der Waals surface area contributed by atoms with Crippen molar-refractivity contribution in [3.05, 3.63) is 0 Å². The van der Waals surface area contributed by atoms with Crippen LogP contribution >= 0.6 is 0 Å². The summed E-state index contributed by atoms with van der Waals surface area (Å²) in [5.74, 6) is -0.273. The maximum absolute atomic E-state index is 12.2. The first-order valence-corrected chi connectivity index (χ1v) is 7.29. The number of hydrogen-bond acceptors (Lipinski definition) is 4. The van der Waals surface area contributed by atoms with Gasteiger partial charge in [0.15, 0.2) is 0 Å². The van der Waals surface area contributed by atoms with Crippen molar-refractivity contribution >= 4 is 11.9 Å². The van der Waals surface area contributed by atoms with Crippen LogP contribution in [0.15, 0.2) is 0 Å². The fourth-order valence-corrected chi connectivity index (χ4v) is 2.27. The largest absolute Gasteiger partial charge is 0.458 e. The van der Waals surface area contributed by atoms with Crippen molar-refractivity contribution in [2.24, 2.45) is 0 Å². The highest BCUT2D eigenvalue weighted by Gasteiger charge is 2.36. The number of esters is 1. The van der Waals surface area contributed by atoms with Crippen LogP contribution < -0.4 is 0 Å². The number of nitrogens with zero attached hydrogens (tertiary/aromatic N) is 1. The Morgan fingerprint density at radius 2 is 2.00 bits per heavy atom. The van der Waals surface area contributed by atoms with Crippen LogP contribution in [0.25, 0.3) is 0 Å². The molecule has 116 valence electrons. The number of carbonyl (C=O) groups excluding carboxylic acids is 2. The number of hydrogen-bond donors (Lipinski definition) is 0. The normalized spacial score (nSPS) is 20.9. The fraction of sp³-hybridized carbons (Fsp3) is 0.867. The van der Waals surface area contributed by atoms with Crippen molar-refractivity contribution in [2.45, 2.75) is 71.1 Å². The van der Waals surface area contributed by atoms with Crippen molar-refractivity contribution in [1.29, 1.82) is 0 Å². The zero-order chi connectivity index (χ0) is 15.3. The summed E-state index contributed by atoms with van der Waals surface area (Å²) < 4.78 is 10.5. The number of methoxy groups -OCH3 is 1. The molecule has 1 fully saturated rings. The van der Waals surface area contributed by atoms with Crippen LogP contribution in [0.3, 0.4) is 0 Å². The molecule has 1 aliphatic heterocycles. The Bertz CT molecular complexity index is 348. The van der Waals surface area contributed by atoms with Gasteiger partial charge in [-0.2, -0.15) is 0 Å². The van der Waals surface area contributed by atoms with Gasteiger partial charge in [0.1, 0.15) is 11.6 Å². The molecule has 0 saturated carbocycles. The van der Waals surface area contributed by atoms with Crippen molar-refractivity contribution < 1.29 is 19.1 Å². The van der Waals surface area contributed by atoms with Crippen molar-refractivity contribution in [1.82, 2.24) is 4.90 Å². The molecule has 1 heterocycles. The quantitative estimate of drug-likeness (QED) is 0.726. The Balaban J connectivity index is 2.56. The van der Waals surface area contributed by atoms with E-state index in [0.717, 1.165) is 6.42 Å². The molecule has 1 amide bonds. The van der Waals surface area contributed by atoms with Crippen molar-refractivity contribution in [3.63, 3.8) is 0 Å². The summed E-state index contributed by atoms with van der Waals surface area (Å²) >= 11 is 0. The van der Waals surface area contributed by atoms with E-state index in [2.05, 4.69) is 0 Å². The van der Waals surface area contributed by atoms with Gasteiger partial charge in [-0.05, 0) is 47.0 Å². The second-order valence-electron chi connectivity index (χ2n) is 6.36. The Morgan fingerprint density at radius 3 is 2.55 bits per heavy atom. The van der Waals surface area contributed by atoms with E-state index in [4.69, 9.17) is 9.47 Å². The van der Waals surface area contributed by atoms with Gasteiger partial charge in [-0.1, -0.05) is 0 Å². The highest BCUT2D eigenvalue weighted by Crippen LogP contribution is 2.22. The minimum absolute atomic E-state index is 0.0160. The first-order chi connectivity index (χ1) is 9.24. The molecule has 0 spiro atoms. The third-order valence-corrected chi connectivity index (χ3v) is 3.42. The molecule has 2 atom stereocenters. The maximum atomic E-state index is 12.2. The SMILES string of the molecule is COC(C)CCC(=O)N1CCC[C@H]1C(=O)OC(C)(C)C. The second-order valence-corrected chi connectivity index (χ2v) is 6.36. The van der Waals surface area contributed by atoms with E-state index in [9.17, 15) is 9.59 Å². The zero-order valence-electron chi connectivity index (χ0n) is 13.3. The summed E-state index contributed by atoms with van der Waals surface area (Å²) in [7, 11) is 1.63. The predicted molar refractivity (Wildman–Crippen MR) is 76.3 cm³/mol. The molecular weight excluding hydrogens is 258 g/mol. The van der Waals surface area contributed by atoms with Gasteiger partial charge in [0.25, 0.3) is 0 Å². The lowest BCUT2D eigenvalue weighted by Crippen LogP contribution is -2.43. The van der Waals surface area contributed by atoms with E-state index in [1.807, 2.05) is 27.7 Å². The first kappa shape index (κ1) is 17.0. The number of rotatable bonds is 5. The smallest absolute Gasteiger partial charge is 0.329 e. The van der Waals surface area contributed by atoms with Gasteiger partial charge in [0, 0.05) is 20.1 Å². The zero-order valence-corrected chi connectivity index (χ0v) is 13.3. The van der Waals surface area contributed by atoms with Gasteiger partial charge in [0.05, 0.1) is 6.10 Å². The molecule has 0 N–H and O–H groups in total. The van der Waals surface area contributed by atoms with E-state index < -0.39 is 11.6 Å². The monoisotopic (exact) mass is 285 g/mol. The van der Waals surface area contributed by atoms with Crippen LogP contribution in [0.2, 0.25) is 0 Å². The standard InChI is InChI=1S/C15H27NO4/c1-11(19-5)8-9-13(17)16-10-6-7-12(16)14(18)20-15(2,3)4/h11-12H,6-10H2,1-5H3/t11?,12-/m0/s1. The van der Waals surface area contributed by atoms with Gasteiger partial charge in [0.2, 0.25) is 5.91 Å². The molecule has 5 heteroatoms. The molecule has 0 aromatic heterocycles. The Morgan fingerprint density at radius 1 is 1.35 bits per heavy atom. The number of carbonyl (C=O) groups is 2. The van der Waals surface area contributed by atoms with Gasteiger partial charge < -0.3 is 14.4 Å². The molecular formula is C15H27NO4. The highest BCUT2D eigenvalue weighted by molar-refractivity contribution is 5.85. The number of amides is 1. The Kier molecular flexibility index (Phi) is 5.99. The fourth-order valence-electron chi connectivity index (χ4n) is 2.27. The van der Waals surface area contributed by atoms with E-state index >= 15 is 0 Å². The summed E-state index contributed by atoms with van der Waals surface area (Å²) in [5, 5.41) is 0. The van der Waals surface area contributed by atoms with E-state index in [1.165, 1.54) is 0 Å². The molecule has 0 aromatic carbocycles. The Labute approximate surface area is 121 Å². The molecule has 0 bridgehead atoms. The summed E-state index contributed by atoms with van der Waals surface area (Å²) in [4.78, 5) is 26.0. The van der Waals surface area contributed by atoms with Gasteiger partial charge >= 0.3 is 5.97 Å². The number of likely N-dealkylation sites (tertiary alicyclic amines) is 1. The van der Waals surface area contributed by atoms with Crippen LogP contribution in [0.5, 0.6) is 0 Å². The van der Waals surface area contributed by atoms with E-state index in [1.54, 1.807) is 12.0 Å². The summed E-state index contributed by atoms with van der Waals surface area (Å²) in [6.07, 6.45) is 2.69. The molecule has 1 aliphatic rings. The molecule has 0 aliphatic carbocycles. The first-order valence-electron chi connectivity index (χ1n) is 7.29. The minimum atomic E-state index is -0.515. The minimum Gasteiger partial charge on any atom is -0.458 e. The average molecular weight is 285 g/mol. The summed E-state index contributed by atoms with van der Waals surface area (Å²) in [6.45, 7) is 8.09. The lowest BCUT2D eigenvalue weighted by Gasteiger charge is -2.27. The summed E-state index contributed by atoms with van der Waals surface area (Å²) in [6, 6.07) is -0.417. The third-order valence-electron chi connectivity index (χ3n) is 3.42. The second kappa shape index (κ2) is 7.07. The van der Waals surface area contributed by atoms with Gasteiger partial charge in [-0.25, -0.2) is 4.79 Å². The molecule has 0 aromatic rings. The van der Waals surface area contributed by atoms with E-state index in [0.29, 0.717) is 25.8 Å². The predicted octanol–water partition coefficient (Wildman–Crippen LogP) is 2.13. The Hall–Kier alpha value is -1.10. The average Bonchev–Trinajstić information content (AvgIpc) is 2.82. The molecule has 1 rings (SSSR count). The van der Waals surface area contributed by atoms with Crippen LogP contribution in [-0.2, 0) is 19.1 Å². The van der Waals surface area contributed by atoms with Crippen LogP contribution in [0.1, 0.15) is 53.4 Å². The molecule has 5 nitrogen and oxygen atoms in total. The molecule has 0 radical (unpaired) electrons. The lowest BCUT2D eigenvalue weighted by molar-refractivity contribution is -0.163. The molecule has 1 saturated heterocycles. The van der Waals surface area contributed by atoms with Crippen molar-refractivity contribution in [3.8, 4) is 0 Å². The van der Waals surface area contributed by atoms with Crippen molar-refractivity contribution in [2.75, 3.05) is 13.7 Å².